The van der Waals surface area contributed by atoms with Gasteiger partial charge in [-0.1, -0.05) is 0 Å². The number of methoxy groups -OCH3 is 1. The standard InChI is InChI=1S/C16H13NO5/c1-17-15(19)12-10(16(17)5-3-9(18)4-6-16)7-11-13(14(12)20-2)22-8-21-11/h3-7H,8H2,1-2H3. The maximum absolute atomic E-state index is 12.7. The summed E-state index contributed by atoms with van der Waals surface area (Å²) < 4.78 is 16.3. The lowest BCUT2D eigenvalue weighted by Gasteiger charge is -2.32. The Morgan fingerprint density at radius 1 is 1.23 bits per heavy atom. The number of hydrogen-bond acceptors (Lipinski definition) is 5. The van der Waals surface area contributed by atoms with Gasteiger partial charge in [-0.05, 0) is 30.4 Å². The van der Waals surface area contributed by atoms with Crippen molar-refractivity contribution in [3.05, 3.63) is 41.5 Å². The first kappa shape index (κ1) is 12.9. The number of rotatable bonds is 1. The van der Waals surface area contributed by atoms with Gasteiger partial charge < -0.3 is 19.1 Å². The van der Waals surface area contributed by atoms with Gasteiger partial charge in [0, 0.05) is 12.6 Å². The van der Waals surface area contributed by atoms with Crippen LogP contribution >= 0.6 is 0 Å². The summed E-state index contributed by atoms with van der Waals surface area (Å²) in [4.78, 5) is 25.8. The van der Waals surface area contributed by atoms with Crippen molar-refractivity contribution < 1.29 is 23.8 Å². The highest BCUT2D eigenvalue weighted by Gasteiger charge is 2.49. The first-order valence-corrected chi connectivity index (χ1v) is 6.80. The normalized spacial score (nSPS) is 20.0. The molecular weight excluding hydrogens is 286 g/mol. The van der Waals surface area contributed by atoms with E-state index in [9.17, 15) is 9.59 Å². The van der Waals surface area contributed by atoms with Gasteiger partial charge in [0.1, 0.15) is 5.54 Å². The zero-order valence-electron chi connectivity index (χ0n) is 12.1. The van der Waals surface area contributed by atoms with Crippen LogP contribution < -0.4 is 14.2 Å². The van der Waals surface area contributed by atoms with E-state index in [1.54, 1.807) is 30.2 Å². The molecule has 6 heteroatoms. The van der Waals surface area contributed by atoms with Crippen LogP contribution in [0.1, 0.15) is 15.9 Å². The van der Waals surface area contributed by atoms with Gasteiger partial charge in [-0.15, -0.1) is 0 Å². The number of carbonyl (C=O) groups excluding carboxylic acids is 2. The Labute approximate surface area is 126 Å². The number of carbonyl (C=O) groups is 2. The molecule has 1 spiro atoms. The molecule has 0 radical (unpaired) electrons. The van der Waals surface area contributed by atoms with Crippen LogP contribution in [0.2, 0.25) is 0 Å². The predicted octanol–water partition coefficient (Wildman–Crippen LogP) is 1.40. The van der Waals surface area contributed by atoms with E-state index in [4.69, 9.17) is 14.2 Å². The molecule has 0 fully saturated rings. The zero-order chi connectivity index (χ0) is 15.5. The summed E-state index contributed by atoms with van der Waals surface area (Å²) in [7, 11) is 3.19. The van der Waals surface area contributed by atoms with Crippen LogP contribution in [0.4, 0.5) is 0 Å². The summed E-state index contributed by atoms with van der Waals surface area (Å²) in [5.74, 6) is 1.07. The molecular formula is C16H13NO5. The van der Waals surface area contributed by atoms with E-state index >= 15 is 0 Å². The molecule has 112 valence electrons. The molecule has 0 atom stereocenters. The Bertz CT molecular complexity index is 761. The van der Waals surface area contributed by atoms with Gasteiger partial charge in [0.15, 0.2) is 17.3 Å². The largest absolute Gasteiger partial charge is 0.492 e. The van der Waals surface area contributed by atoms with E-state index < -0.39 is 5.54 Å². The fraction of sp³-hybridized carbons (Fsp3) is 0.250. The smallest absolute Gasteiger partial charge is 0.259 e. The number of hydrogen-bond donors (Lipinski definition) is 0. The molecule has 2 heterocycles. The molecule has 1 aromatic carbocycles. The van der Waals surface area contributed by atoms with Crippen LogP contribution in [0.25, 0.3) is 0 Å². The summed E-state index contributed by atoms with van der Waals surface area (Å²) in [5.41, 5.74) is 0.369. The highest BCUT2D eigenvalue weighted by Crippen LogP contribution is 2.53. The fourth-order valence-electron chi connectivity index (χ4n) is 3.18. The van der Waals surface area contributed by atoms with E-state index in [1.165, 1.54) is 19.3 Å². The highest BCUT2D eigenvalue weighted by atomic mass is 16.7. The molecule has 0 N–H and O–H groups in total. The quantitative estimate of drug-likeness (QED) is 0.784. The van der Waals surface area contributed by atoms with E-state index in [1.807, 2.05) is 0 Å². The van der Waals surface area contributed by atoms with Gasteiger partial charge in [-0.2, -0.15) is 0 Å². The van der Waals surface area contributed by atoms with E-state index in [0.29, 0.717) is 22.8 Å². The molecule has 1 aliphatic carbocycles. The molecule has 4 rings (SSSR count). The highest BCUT2D eigenvalue weighted by molar-refractivity contribution is 6.07. The van der Waals surface area contributed by atoms with Gasteiger partial charge in [0.05, 0.1) is 12.7 Å². The van der Waals surface area contributed by atoms with Crippen molar-refractivity contribution in [3.8, 4) is 17.2 Å². The Hall–Kier alpha value is -2.76. The first-order valence-electron chi connectivity index (χ1n) is 6.80. The molecule has 2 aliphatic heterocycles. The van der Waals surface area contributed by atoms with Crippen molar-refractivity contribution in [2.75, 3.05) is 21.0 Å². The Balaban J connectivity index is 2.03. The summed E-state index contributed by atoms with van der Waals surface area (Å²) in [6.07, 6.45) is 6.38. The summed E-state index contributed by atoms with van der Waals surface area (Å²) in [6, 6.07) is 1.78. The second-order valence-electron chi connectivity index (χ2n) is 5.32. The fourth-order valence-corrected chi connectivity index (χ4v) is 3.18. The number of nitrogens with zero attached hydrogens (tertiary/aromatic N) is 1. The lowest BCUT2D eigenvalue weighted by molar-refractivity contribution is -0.110. The molecule has 0 saturated heterocycles. The maximum Gasteiger partial charge on any atom is 0.259 e. The topological polar surface area (TPSA) is 65.1 Å². The summed E-state index contributed by atoms with van der Waals surface area (Å²) in [6.45, 7) is 0.0930. The third kappa shape index (κ3) is 1.39. The van der Waals surface area contributed by atoms with Gasteiger partial charge in [-0.25, -0.2) is 0 Å². The Morgan fingerprint density at radius 2 is 1.95 bits per heavy atom. The van der Waals surface area contributed by atoms with E-state index in [0.717, 1.165) is 5.56 Å². The second-order valence-corrected chi connectivity index (χ2v) is 5.32. The lowest BCUT2D eigenvalue weighted by atomic mass is 9.85. The van der Waals surface area contributed by atoms with Crippen LogP contribution in [0.3, 0.4) is 0 Å². The average Bonchev–Trinajstić information content (AvgIpc) is 3.07. The van der Waals surface area contributed by atoms with Gasteiger partial charge >= 0.3 is 0 Å². The van der Waals surface area contributed by atoms with Gasteiger partial charge in [0.25, 0.3) is 5.91 Å². The first-order chi connectivity index (χ1) is 10.6. The van der Waals surface area contributed by atoms with Crippen molar-refractivity contribution in [2.45, 2.75) is 5.54 Å². The number of fused-ring (bicyclic) bond motifs is 3. The van der Waals surface area contributed by atoms with Crippen LogP contribution in [0.5, 0.6) is 17.2 Å². The van der Waals surface area contributed by atoms with Gasteiger partial charge in [0.2, 0.25) is 12.5 Å². The molecule has 6 nitrogen and oxygen atoms in total. The monoisotopic (exact) mass is 299 g/mol. The zero-order valence-corrected chi connectivity index (χ0v) is 12.1. The van der Waals surface area contributed by atoms with E-state index in [-0.39, 0.29) is 18.5 Å². The van der Waals surface area contributed by atoms with Crippen LogP contribution in [-0.2, 0) is 10.3 Å². The summed E-state index contributed by atoms with van der Waals surface area (Å²) >= 11 is 0. The third-order valence-corrected chi connectivity index (χ3v) is 4.33. The second kappa shape index (κ2) is 4.13. The van der Waals surface area contributed by atoms with Crippen molar-refractivity contribution in [3.63, 3.8) is 0 Å². The number of ether oxygens (including phenoxy) is 3. The minimum Gasteiger partial charge on any atom is -0.492 e. The van der Waals surface area contributed by atoms with Crippen molar-refractivity contribution >= 4 is 11.7 Å². The van der Waals surface area contributed by atoms with Gasteiger partial charge in [-0.3, -0.25) is 9.59 Å². The summed E-state index contributed by atoms with van der Waals surface area (Å²) in [5, 5.41) is 0. The number of ketones is 1. The molecule has 22 heavy (non-hydrogen) atoms. The molecule has 0 aromatic heterocycles. The Kier molecular flexibility index (Phi) is 2.43. The van der Waals surface area contributed by atoms with Crippen molar-refractivity contribution in [2.24, 2.45) is 0 Å². The maximum atomic E-state index is 12.7. The number of allylic oxidation sites excluding steroid dienone is 2. The molecule has 0 saturated carbocycles. The minimum absolute atomic E-state index is 0.0930. The van der Waals surface area contributed by atoms with E-state index in [2.05, 4.69) is 0 Å². The molecule has 1 amide bonds. The molecule has 0 bridgehead atoms. The molecule has 1 aromatic rings. The minimum atomic E-state index is -0.797. The average molecular weight is 299 g/mol. The number of likely N-dealkylation sites (N-methyl/N-ethyl adjacent to an activating group) is 1. The van der Waals surface area contributed by atoms with Crippen LogP contribution in [0.15, 0.2) is 30.4 Å². The third-order valence-electron chi connectivity index (χ3n) is 4.33. The predicted molar refractivity (Wildman–Crippen MR) is 76.2 cm³/mol. The number of amides is 1. The van der Waals surface area contributed by atoms with Crippen molar-refractivity contribution in [1.29, 1.82) is 0 Å². The molecule has 0 unspecified atom stereocenters. The lowest BCUT2D eigenvalue weighted by Crippen LogP contribution is -2.39. The SMILES string of the molecule is COc1c2c(cc3c1C(=O)N(C)C31C=CC(=O)C=C1)OCO2. The van der Waals surface area contributed by atoms with Crippen molar-refractivity contribution in [1.82, 2.24) is 4.90 Å². The Morgan fingerprint density at radius 3 is 2.64 bits per heavy atom. The molecule has 3 aliphatic rings. The number of benzene rings is 1. The van der Waals surface area contributed by atoms with Crippen LogP contribution in [-0.4, -0.2) is 37.5 Å². The van der Waals surface area contributed by atoms with Crippen LogP contribution in [0, 0.1) is 0 Å².